The van der Waals surface area contributed by atoms with Crippen molar-refractivity contribution >= 4 is 17.8 Å². The van der Waals surface area contributed by atoms with E-state index in [-0.39, 0.29) is 11.6 Å². The molecular weight excluding hydrogens is 348 g/mol. The van der Waals surface area contributed by atoms with Crippen molar-refractivity contribution in [1.82, 2.24) is 9.88 Å². The van der Waals surface area contributed by atoms with E-state index in [9.17, 15) is 14.4 Å². The van der Waals surface area contributed by atoms with Crippen molar-refractivity contribution in [3.05, 3.63) is 58.4 Å². The summed E-state index contributed by atoms with van der Waals surface area (Å²) in [5, 5.41) is 0. The molecule has 27 heavy (non-hydrogen) atoms. The highest BCUT2D eigenvalue weighted by Gasteiger charge is 2.30. The zero-order chi connectivity index (χ0) is 20.1. The third-order valence-corrected chi connectivity index (χ3v) is 4.27. The summed E-state index contributed by atoms with van der Waals surface area (Å²) in [5.41, 5.74) is 2.05. The first kappa shape index (κ1) is 20.2. The molecule has 0 spiro atoms. The number of carbonyl (C=O) groups is 3. The number of benzene rings is 1. The summed E-state index contributed by atoms with van der Waals surface area (Å²) in [6.07, 6.45) is -0.569. The lowest BCUT2D eigenvalue weighted by Gasteiger charge is -2.21. The van der Waals surface area contributed by atoms with Crippen LogP contribution in [-0.4, -0.2) is 48.9 Å². The molecule has 0 aliphatic carbocycles. The maximum atomic E-state index is 12.8. The van der Waals surface area contributed by atoms with Gasteiger partial charge in [-0.1, -0.05) is 37.3 Å². The summed E-state index contributed by atoms with van der Waals surface area (Å²) in [6, 6.07) is 8.79. The molecule has 0 aliphatic rings. The number of hydrogen-bond acceptors (Lipinski definition) is 5. The minimum absolute atomic E-state index is 0.139. The Balaban J connectivity index is 2.40. The van der Waals surface area contributed by atoms with E-state index in [4.69, 9.17) is 9.47 Å². The topological polar surface area (TPSA) is 88.7 Å². The molecule has 1 N–H and O–H groups in total. The second kappa shape index (κ2) is 8.53. The summed E-state index contributed by atoms with van der Waals surface area (Å²) in [6.45, 7) is 3.50. The number of methoxy groups -OCH3 is 1. The van der Waals surface area contributed by atoms with Gasteiger partial charge in [0.1, 0.15) is 5.69 Å². The molecule has 7 nitrogen and oxygen atoms in total. The minimum Gasteiger partial charge on any atom is -0.465 e. The lowest BCUT2D eigenvalue weighted by Crippen LogP contribution is -2.31. The number of hydrogen-bond donors (Lipinski definition) is 1. The van der Waals surface area contributed by atoms with Gasteiger partial charge in [-0.2, -0.15) is 0 Å². The van der Waals surface area contributed by atoms with Crippen LogP contribution in [0.3, 0.4) is 0 Å². The van der Waals surface area contributed by atoms with E-state index >= 15 is 0 Å². The monoisotopic (exact) mass is 372 g/mol. The molecule has 0 saturated heterocycles. The van der Waals surface area contributed by atoms with E-state index in [0.717, 1.165) is 0 Å². The number of ether oxygens (including phenoxy) is 2. The van der Waals surface area contributed by atoms with Crippen LogP contribution < -0.4 is 0 Å². The number of rotatable bonds is 6. The van der Waals surface area contributed by atoms with E-state index < -0.39 is 18.0 Å². The molecule has 1 atom stereocenters. The number of likely N-dealkylation sites (N-methyl/N-ethyl adjacent to an activating group) is 1. The third kappa shape index (κ3) is 4.19. The Morgan fingerprint density at radius 1 is 1.11 bits per heavy atom. The Morgan fingerprint density at radius 3 is 2.26 bits per heavy atom. The van der Waals surface area contributed by atoms with E-state index in [1.807, 2.05) is 13.0 Å². The third-order valence-electron chi connectivity index (χ3n) is 4.27. The number of aromatic amines is 1. The number of aryl methyl sites for hydroxylation is 1. The van der Waals surface area contributed by atoms with Gasteiger partial charge in [-0.05, 0) is 18.9 Å². The van der Waals surface area contributed by atoms with Crippen LogP contribution in [0.4, 0.5) is 0 Å². The summed E-state index contributed by atoms with van der Waals surface area (Å²) in [5.74, 6) is -1.59. The van der Waals surface area contributed by atoms with Gasteiger partial charge in [-0.3, -0.25) is 4.79 Å². The molecule has 1 aromatic heterocycles. The Bertz CT molecular complexity index is 840. The number of esters is 2. The predicted molar refractivity (Wildman–Crippen MR) is 99.5 cm³/mol. The number of amides is 1. The van der Waals surface area contributed by atoms with Gasteiger partial charge in [-0.15, -0.1) is 0 Å². The van der Waals surface area contributed by atoms with Gasteiger partial charge in [0, 0.05) is 25.4 Å². The minimum atomic E-state index is -1.08. The number of aromatic nitrogens is 1. The maximum Gasteiger partial charge on any atom is 0.356 e. The van der Waals surface area contributed by atoms with E-state index in [1.54, 1.807) is 45.3 Å². The van der Waals surface area contributed by atoms with Crippen LogP contribution in [0.2, 0.25) is 0 Å². The molecule has 1 heterocycles. The molecule has 0 saturated carbocycles. The smallest absolute Gasteiger partial charge is 0.356 e. The molecular formula is C20H24N2O5. The number of carbonyl (C=O) groups excluding carboxylic acids is 3. The van der Waals surface area contributed by atoms with E-state index in [1.165, 1.54) is 12.0 Å². The normalized spacial score (nSPS) is 11.6. The molecule has 0 fully saturated rings. The second-order valence-electron chi connectivity index (χ2n) is 6.25. The van der Waals surface area contributed by atoms with Gasteiger partial charge in [0.15, 0.2) is 0 Å². The summed E-state index contributed by atoms with van der Waals surface area (Å²) in [7, 11) is 4.47. The number of nitrogens with zero attached hydrogens (tertiary/aromatic N) is 1. The average Bonchev–Trinajstić information content (AvgIpc) is 3.01. The standard InChI is InChI=1S/C20H24N2O5/c1-6-14-15(19(24)26-5)12(2)16(21-14)20(25)27-17(18(23)22(3)4)13-10-8-7-9-11-13/h7-11,17,21H,6H2,1-5H3. The highest BCUT2D eigenvalue weighted by atomic mass is 16.5. The summed E-state index contributed by atoms with van der Waals surface area (Å²) < 4.78 is 10.3. The van der Waals surface area contributed by atoms with Crippen LogP contribution >= 0.6 is 0 Å². The van der Waals surface area contributed by atoms with Gasteiger partial charge < -0.3 is 19.4 Å². The van der Waals surface area contributed by atoms with Crippen LogP contribution in [0.25, 0.3) is 0 Å². The van der Waals surface area contributed by atoms with Gasteiger partial charge >= 0.3 is 11.9 Å². The molecule has 7 heteroatoms. The summed E-state index contributed by atoms with van der Waals surface area (Å²) in [4.78, 5) is 41.7. The fourth-order valence-corrected chi connectivity index (χ4v) is 2.80. The Morgan fingerprint density at radius 2 is 1.74 bits per heavy atom. The zero-order valence-corrected chi connectivity index (χ0v) is 16.2. The van der Waals surface area contributed by atoms with Gasteiger partial charge in [0.05, 0.1) is 12.7 Å². The Hall–Kier alpha value is -3.09. The molecule has 1 amide bonds. The molecule has 0 bridgehead atoms. The first-order valence-electron chi connectivity index (χ1n) is 8.58. The van der Waals surface area contributed by atoms with E-state index in [2.05, 4.69) is 4.98 Å². The lowest BCUT2D eigenvalue weighted by atomic mass is 10.1. The first-order valence-corrected chi connectivity index (χ1v) is 8.58. The first-order chi connectivity index (χ1) is 12.8. The Labute approximate surface area is 158 Å². The number of H-pyrrole nitrogens is 1. The molecule has 2 aromatic rings. The SMILES string of the molecule is CCc1[nH]c(C(=O)OC(C(=O)N(C)C)c2ccccc2)c(C)c1C(=O)OC. The van der Waals surface area contributed by atoms with Crippen molar-refractivity contribution in [2.45, 2.75) is 26.4 Å². The van der Waals surface area contributed by atoms with Crippen molar-refractivity contribution in [2.75, 3.05) is 21.2 Å². The van der Waals surface area contributed by atoms with Crippen molar-refractivity contribution in [3.8, 4) is 0 Å². The van der Waals surface area contributed by atoms with Crippen molar-refractivity contribution < 1.29 is 23.9 Å². The molecule has 2 rings (SSSR count). The second-order valence-corrected chi connectivity index (χ2v) is 6.25. The highest BCUT2D eigenvalue weighted by molar-refractivity contribution is 5.99. The molecule has 1 unspecified atom stereocenters. The van der Waals surface area contributed by atoms with Crippen LogP contribution in [-0.2, 0) is 20.7 Å². The zero-order valence-electron chi connectivity index (χ0n) is 16.2. The van der Waals surface area contributed by atoms with Crippen molar-refractivity contribution in [3.63, 3.8) is 0 Å². The van der Waals surface area contributed by atoms with Crippen LogP contribution in [0.15, 0.2) is 30.3 Å². The van der Waals surface area contributed by atoms with Gasteiger partial charge in [-0.25, -0.2) is 9.59 Å². The van der Waals surface area contributed by atoms with E-state index in [0.29, 0.717) is 28.8 Å². The van der Waals surface area contributed by atoms with Crippen molar-refractivity contribution in [1.29, 1.82) is 0 Å². The van der Waals surface area contributed by atoms with Gasteiger partial charge in [0.25, 0.3) is 5.91 Å². The Kier molecular flexibility index (Phi) is 6.39. The fraction of sp³-hybridized carbons (Fsp3) is 0.350. The predicted octanol–water partition coefficient (Wildman–Crippen LogP) is 2.66. The van der Waals surface area contributed by atoms with Crippen LogP contribution in [0.5, 0.6) is 0 Å². The summed E-state index contributed by atoms with van der Waals surface area (Å²) >= 11 is 0. The lowest BCUT2D eigenvalue weighted by molar-refractivity contribution is -0.138. The fourth-order valence-electron chi connectivity index (χ4n) is 2.80. The van der Waals surface area contributed by atoms with Crippen molar-refractivity contribution in [2.24, 2.45) is 0 Å². The average molecular weight is 372 g/mol. The van der Waals surface area contributed by atoms with Crippen LogP contribution in [0.1, 0.15) is 50.7 Å². The highest BCUT2D eigenvalue weighted by Crippen LogP contribution is 2.25. The molecule has 0 aliphatic heterocycles. The van der Waals surface area contributed by atoms with Crippen LogP contribution in [0, 0.1) is 6.92 Å². The molecule has 0 radical (unpaired) electrons. The number of nitrogens with one attached hydrogen (secondary N) is 1. The quantitative estimate of drug-likeness (QED) is 0.788. The van der Waals surface area contributed by atoms with Gasteiger partial charge in [0.2, 0.25) is 6.10 Å². The maximum absolute atomic E-state index is 12.8. The largest absolute Gasteiger partial charge is 0.465 e. The molecule has 1 aromatic carbocycles. The molecule has 144 valence electrons.